The van der Waals surface area contributed by atoms with Gasteiger partial charge in [-0.15, -0.1) is 0 Å². The molecule has 0 spiro atoms. The molecule has 1 atom stereocenters. The predicted molar refractivity (Wildman–Crippen MR) is 103 cm³/mol. The Morgan fingerprint density at radius 3 is 2.43 bits per heavy atom. The van der Waals surface area contributed by atoms with Crippen LogP contribution in [0.3, 0.4) is 0 Å². The molecule has 1 heterocycles. The molecule has 30 heavy (non-hydrogen) atoms. The third-order valence-electron chi connectivity index (χ3n) is 3.98. The lowest BCUT2D eigenvalue weighted by Gasteiger charge is -2.21. The lowest BCUT2D eigenvalue weighted by Crippen LogP contribution is -2.34. The number of carbonyl (C=O) groups excluding carboxylic acids is 2. The zero-order valence-electron chi connectivity index (χ0n) is 17.3. The molecular formula is C20H24F3N3O4. The Hall–Kier alpha value is -3.04. The zero-order chi connectivity index (χ0) is 22.7. The number of aryl methyl sites for hydroxylation is 1. The quantitative estimate of drug-likeness (QED) is 0.693. The molecule has 0 aliphatic carbocycles. The van der Waals surface area contributed by atoms with Gasteiger partial charge in [0.2, 0.25) is 5.76 Å². The number of amides is 2. The largest absolute Gasteiger partial charge is 0.444 e. The summed E-state index contributed by atoms with van der Waals surface area (Å²) in [6.45, 7) is 8.38. The van der Waals surface area contributed by atoms with Crippen molar-refractivity contribution in [1.82, 2.24) is 10.5 Å². The summed E-state index contributed by atoms with van der Waals surface area (Å²) in [5, 5.41) is 8.64. The summed E-state index contributed by atoms with van der Waals surface area (Å²) in [4.78, 5) is 24.2. The molecule has 7 nitrogen and oxygen atoms in total. The van der Waals surface area contributed by atoms with Crippen molar-refractivity contribution < 1.29 is 32.0 Å². The summed E-state index contributed by atoms with van der Waals surface area (Å²) in [7, 11) is 0. The minimum absolute atomic E-state index is 0.0256. The number of halogens is 3. The van der Waals surface area contributed by atoms with E-state index in [-0.39, 0.29) is 29.1 Å². The summed E-state index contributed by atoms with van der Waals surface area (Å²) in [6.07, 6.45) is -5.00. The molecule has 164 valence electrons. The first-order chi connectivity index (χ1) is 13.8. The number of hydrogen-bond acceptors (Lipinski definition) is 5. The Balaban J connectivity index is 2.09. The molecule has 10 heteroatoms. The molecular weight excluding hydrogens is 403 g/mol. The smallest absolute Gasteiger partial charge is 0.416 e. The van der Waals surface area contributed by atoms with Gasteiger partial charge < -0.3 is 19.9 Å². The zero-order valence-corrected chi connectivity index (χ0v) is 17.3. The van der Waals surface area contributed by atoms with E-state index in [9.17, 15) is 22.8 Å². The molecule has 2 rings (SSSR count). The summed E-state index contributed by atoms with van der Waals surface area (Å²) in [6, 6.07) is 4.25. The Morgan fingerprint density at radius 2 is 1.87 bits per heavy atom. The van der Waals surface area contributed by atoms with Gasteiger partial charge in [-0.05, 0) is 51.8 Å². The fourth-order valence-corrected chi connectivity index (χ4v) is 2.58. The van der Waals surface area contributed by atoms with Crippen LogP contribution in [-0.2, 0) is 17.3 Å². The monoisotopic (exact) mass is 427 g/mol. The maximum Gasteiger partial charge on any atom is 0.416 e. The second-order valence-corrected chi connectivity index (χ2v) is 7.66. The molecule has 1 aromatic heterocycles. The maximum absolute atomic E-state index is 13.2. The van der Waals surface area contributed by atoms with Crippen LogP contribution in [0, 0.1) is 0 Å². The average molecular weight is 427 g/mol. The highest BCUT2D eigenvalue weighted by Gasteiger charge is 2.33. The molecule has 0 fully saturated rings. The van der Waals surface area contributed by atoms with Gasteiger partial charge in [0.15, 0.2) is 0 Å². The highest BCUT2D eigenvalue weighted by Crippen LogP contribution is 2.34. The van der Waals surface area contributed by atoms with Crippen LogP contribution >= 0.6 is 0 Å². The number of nitrogens with zero attached hydrogens (tertiary/aromatic N) is 1. The third-order valence-corrected chi connectivity index (χ3v) is 3.98. The molecule has 1 aromatic carbocycles. The fraction of sp³-hybridized carbons (Fsp3) is 0.450. The van der Waals surface area contributed by atoms with Crippen LogP contribution < -0.4 is 10.6 Å². The Labute approximate surface area is 172 Å². The van der Waals surface area contributed by atoms with Crippen LogP contribution in [0.4, 0.5) is 23.7 Å². The van der Waals surface area contributed by atoms with E-state index in [1.54, 1.807) is 34.6 Å². The van der Waals surface area contributed by atoms with Crippen LogP contribution in [0.2, 0.25) is 0 Å². The number of nitrogens with one attached hydrogen (secondary N) is 2. The van der Waals surface area contributed by atoms with Gasteiger partial charge in [0.1, 0.15) is 11.3 Å². The van der Waals surface area contributed by atoms with Crippen molar-refractivity contribution in [3.05, 3.63) is 46.8 Å². The van der Waals surface area contributed by atoms with Crippen LogP contribution in [-0.4, -0.2) is 22.8 Å². The Morgan fingerprint density at radius 1 is 1.20 bits per heavy atom. The van der Waals surface area contributed by atoms with Crippen molar-refractivity contribution in [2.75, 3.05) is 5.32 Å². The molecule has 0 bridgehead atoms. The second-order valence-electron chi connectivity index (χ2n) is 7.66. The van der Waals surface area contributed by atoms with Crippen molar-refractivity contribution >= 4 is 17.7 Å². The van der Waals surface area contributed by atoms with Crippen molar-refractivity contribution in [2.24, 2.45) is 0 Å². The van der Waals surface area contributed by atoms with Crippen LogP contribution in [0.25, 0.3) is 0 Å². The molecule has 2 aromatic rings. The van der Waals surface area contributed by atoms with Gasteiger partial charge in [0, 0.05) is 11.8 Å². The fourth-order valence-electron chi connectivity index (χ4n) is 2.58. The Kier molecular flexibility index (Phi) is 6.79. The number of carbonyl (C=O) groups is 2. The molecule has 0 saturated heterocycles. The van der Waals surface area contributed by atoms with Gasteiger partial charge in [-0.2, -0.15) is 13.2 Å². The molecule has 0 saturated carbocycles. The van der Waals surface area contributed by atoms with Crippen molar-refractivity contribution in [1.29, 1.82) is 0 Å². The van der Waals surface area contributed by atoms with E-state index < -0.39 is 35.4 Å². The molecule has 0 aliphatic heterocycles. The van der Waals surface area contributed by atoms with E-state index >= 15 is 0 Å². The lowest BCUT2D eigenvalue weighted by atomic mass is 10.0. The van der Waals surface area contributed by atoms with E-state index in [0.29, 0.717) is 0 Å². The average Bonchev–Trinajstić information content (AvgIpc) is 3.09. The van der Waals surface area contributed by atoms with Gasteiger partial charge in [0.25, 0.3) is 5.91 Å². The van der Waals surface area contributed by atoms with Gasteiger partial charge in [-0.1, -0.05) is 18.1 Å². The Bertz CT molecular complexity index is 917. The van der Waals surface area contributed by atoms with E-state index in [1.165, 1.54) is 18.2 Å². The van der Waals surface area contributed by atoms with Crippen LogP contribution in [0.1, 0.15) is 68.0 Å². The van der Waals surface area contributed by atoms with E-state index in [4.69, 9.17) is 9.26 Å². The number of aromatic nitrogens is 1. The first-order valence-electron chi connectivity index (χ1n) is 9.27. The molecule has 2 amide bonds. The highest BCUT2D eigenvalue weighted by atomic mass is 19.4. The number of hydrogen-bond donors (Lipinski definition) is 2. The van der Waals surface area contributed by atoms with E-state index in [2.05, 4.69) is 15.8 Å². The molecule has 0 unspecified atom stereocenters. The lowest BCUT2D eigenvalue weighted by molar-refractivity contribution is -0.138. The van der Waals surface area contributed by atoms with E-state index in [0.717, 1.165) is 6.07 Å². The van der Waals surface area contributed by atoms with Gasteiger partial charge >= 0.3 is 12.3 Å². The number of alkyl carbamates (subject to hydrolysis) is 1. The van der Waals surface area contributed by atoms with Crippen molar-refractivity contribution in [2.45, 2.75) is 58.9 Å². The first-order valence-corrected chi connectivity index (χ1v) is 9.27. The SMILES string of the molecule is CCc1ccc(NC(=O)c2cc([C@H](C)NC(=O)OC(C)(C)C)no2)cc1C(F)(F)F. The first kappa shape index (κ1) is 23.2. The van der Waals surface area contributed by atoms with Crippen molar-refractivity contribution in [3.8, 4) is 0 Å². The number of rotatable bonds is 5. The third kappa shape index (κ3) is 6.23. The number of ether oxygens (including phenoxy) is 1. The minimum atomic E-state index is -4.53. The molecule has 2 N–H and O–H groups in total. The van der Waals surface area contributed by atoms with Crippen LogP contribution in [0.15, 0.2) is 28.8 Å². The highest BCUT2D eigenvalue weighted by molar-refractivity contribution is 6.02. The standard InChI is InChI=1S/C20H24F3N3O4/c1-6-12-7-8-13(9-14(12)20(21,22)23)25-17(27)16-10-15(26-30-16)11(2)24-18(28)29-19(3,4)5/h7-11H,6H2,1-5H3,(H,24,28)(H,25,27)/t11-/m0/s1. The summed E-state index contributed by atoms with van der Waals surface area (Å²) >= 11 is 0. The number of alkyl halides is 3. The molecule has 0 aliphatic rings. The summed E-state index contributed by atoms with van der Waals surface area (Å²) < 4.78 is 49.7. The van der Waals surface area contributed by atoms with Crippen molar-refractivity contribution in [3.63, 3.8) is 0 Å². The van der Waals surface area contributed by atoms with E-state index in [1.807, 2.05) is 0 Å². The van der Waals surface area contributed by atoms with Gasteiger partial charge in [0.05, 0.1) is 11.6 Å². The second kappa shape index (κ2) is 8.76. The normalized spacial score (nSPS) is 12.9. The van der Waals surface area contributed by atoms with Gasteiger partial charge in [-0.25, -0.2) is 4.79 Å². The van der Waals surface area contributed by atoms with Crippen LogP contribution in [0.5, 0.6) is 0 Å². The van der Waals surface area contributed by atoms with Gasteiger partial charge in [-0.3, -0.25) is 4.79 Å². The summed E-state index contributed by atoms with van der Waals surface area (Å²) in [5.41, 5.74) is -1.13. The maximum atomic E-state index is 13.2. The molecule has 0 radical (unpaired) electrons. The number of anilines is 1. The topological polar surface area (TPSA) is 93.5 Å². The summed E-state index contributed by atoms with van der Waals surface area (Å²) in [5.74, 6) is -0.980. The minimum Gasteiger partial charge on any atom is -0.444 e. The number of benzene rings is 1. The predicted octanol–water partition coefficient (Wildman–Crippen LogP) is 5.09.